The van der Waals surface area contributed by atoms with Gasteiger partial charge in [0, 0.05) is 6.04 Å². The van der Waals surface area contributed by atoms with Crippen LogP contribution in [0.15, 0.2) is 23.1 Å². The van der Waals surface area contributed by atoms with Gasteiger partial charge < -0.3 is 0 Å². The highest BCUT2D eigenvalue weighted by Crippen LogP contribution is 2.18. The van der Waals surface area contributed by atoms with E-state index in [-0.39, 0.29) is 34.8 Å². The quantitative estimate of drug-likeness (QED) is 0.870. The molecule has 1 saturated heterocycles. The number of nitrogens with one attached hydrogen (secondary N) is 1. The molecule has 114 valence electrons. The number of hydrogen-bond acceptors (Lipinski definition) is 5. The standard InChI is InChI=1S/C12H13FN2O4S2/c13-12-2-1-11(7-9(12)8-14)21(18,19)15-10-3-5-20(16,17)6-4-10/h1-2,7,10,15H,3-6H2. The van der Waals surface area contributed by atoms with Crippen molar-refractivity contribution in [3.05, 3.63) is 29.6 Å². The van der Waals surface area contributed by atoms with Gasteiger partial charge in [-0.1, -0.05) is 0 Å². The molecule has 9 heteroatoms. The summed E-state index contributed by atoms with van der Waals surface area (Å²) in [6, 6.07) is 4.04. The molecule has 1 aliphatic heterocycles. The molecule has 1 aliphatic rings. The molecule has 1 fully saturated rings. The van der Waals surface area contributed by atoms with Crippen LogP contribution in [0.4, 0.5) is 4.39 Å². The van der Waals surface area contributed by atoms with Crippen LogP contribution < -0.4 is 4.72 Å². The monoisotopic (exact) mass is 332 g/mol. The molecular formula is C12H13FN2O4S2. The third kappa shape index (κ3) is 3.78. The summed E-state index contributed by atoms with van der Waals surface area (Å²) in [5.74, 6) is -0.916. The fraction of sp³-hybridized carbons (Fsp3) is 0.417. The Morgan fingerprint density at radius 1 is 1.29 bits per heavy atom. The van der Waals surface area contributed by atoms with E-state index in [4.69, 9.17) is 5.26 Å². The highest BCUT2D eigenvalue weighted by atomic mass is 32.2. The van der Waals surface area contributed by atoms with Crippen molar-refractivity contribution < 1.29 is 21.2 Å². The summed E-state index contributed by atoms with van der Waals surface area (Å²) in [6.45, 7) is 0. The lowest BCUT2D eigenvalue weighted by Crippen LogP contribution is -2.40. The van der Waals surface area contributed by atoms with E-state index >= 15 is 0 Å². The number of sulfonamides is 1. The minimum absolute atomic E-state index is 0.0625. The third-order valence-corrected chi connectivity index (χ3v) is 6.48. The van der Waals surface area contributed by atoms with Gasteiger partial charge in [-0.2, -0.15) is 5.26 Å². The van der Waals surface area contributed by atoms with Crippen LogP contribution in [0.1, 0.15) is 18.4 Å². The van der Waals surface area contributed by atoms with E-state index in [1.54, 1.807) is 6.07 Å². The van der Waals surface area contributed by atoms with Crippen LogP contribution >= 0.6 is 0 Å². The van der Waals surface area contributed by atoms with E-state index in [0.29, 0.717) is 0 Å². The lowest BCUT2D eigenvalue weighted by Gasteiger charge is -2.22. The van der Waals surface area contributed by atoms with E-state index in [2.05, 4.69) is 4.72 Å². The van der Waals surface area contributed by atoms with E-state index in [1.807, 2.05) is 0 Å². The SMILES string of the molecule is N#Cc1cc(S(=O)(=O)NC2CCS(=O)(=O)CC2)ccc1F. The van der Waals surface area contributed by atoms with E-state index < -0.39 is 31.7 Å². The van der Waals surface area contributed by atoms with Crippen molar-refractivity contribution in [2.45, 2.75) is 23.8 Å². The molecule has 0 aliphatic carbocycles. The molecule has 0 saturated carbocycles. The molecule has 0 spiro atoms. The van der Waals surface area contributed by atoms with Gasteiger partial charge in [-0.15, -0.1) is 0 Å². The summed E-state index contributed by atoms with van der Waals surface area (Å²) in [5.41, 5.74) is -0.357. The van der Waals surface area contributed by atoms with Crippen LogP contribution in [-0.2, 0) is 19.9 Å². The van der Waals surface area contributed by atoms with Gasteiger partial charge in [0.1, 0.15) is 21.7 Å². The van der Waals surface area contributed by atoms with Gasteiger partial charge in [-0.05, 0) is 31.0 Å². The maximum absolute atomic E-state index is 13.2. The van der Waals surface area contributed by atoms with Crippen molar-refractivity contribution in [3.63, 3.8) is 0 Å². The summed E-state index contributed by atoms with van der Waals surface area (Å²) in [4.78, 5) is -0.214. The van der Waals surface area contributed by atoms with Gasteiger partial charge in [0.25, 0.3) is 0 Å². The summed E-state index contributed by atoms with van der Waals surface area (Å²) >= 11 is 0. The largest absolute Gasteiger partial charge is 0.240 e. The Kier molecular flexibility index (Phi) is 4.32. The fourth-order valence-electron chi connectivity index (χ4n) is 2.05. The van der Waals surface area contributed by atoms with E-state index in [0.717, 1.165) is 18.2 Å². The minimum atomic E-state index is -3.91. The van der Waals surface area contributed by atoms with Crippen molar-refractivity contribution in [1.82, 2.24) is 4.72 Å². The maximum Gasteiger partial charge on any atom is 0.240 e. The predicted octanol–water partition coefficient (Wildman–Crippen LogP) is 0.553. The number of hydrogen-bond donors (Lipinski definition) is 1. The molecule has 6 nitrogen and oxygen atoms in total. The van der Waals surface area contributed by atoms with Gasteiger partial charge in [0.2, 0.25) is 10.0 Å². The van der Waals surface area contributed by atoms with Crippen LogP contribution in [0.2, 0.25) is 0 Å². The van der Waals surface area contributed by atoms with Crippen LogP contribution in [0, 0.1) is 17.1 Å². The average molecular weight is 332 g/mol. The molecule has 1 N–H and O–H groups in total. The second-order valence-corrected chi connectivity index (χ2v) is 8.82. The number of nitrogens with zero attached hydrogens (tertiary/aromatic N) is 1. The highest BCUT2D eigenvalue weighted by molar-refractivity contribution is 7.91. The van der Waals surface area contributed by atoms with Gasteiger partial charge in [0.05, 0.1) is 22.0 Å². The first-order valence-electron chi connectivity index (χ1n) is 6.16. The average Bonchev–Trinajstić information content (AvgIpc) is 2.41. The van der Waals surface area contributed by atoms with E-state index in [9.17, 15) is 21.2 Å². The molecule has 0 bridgehead atoms. The summed E-state index contributed by atoms with van der Waals surface area (Å²) in [7, 11) is -6.99. The number of benzene rings is 1. The van der Waals surface area contributed by atoms with Gasteiger partial charge >= 0.3 is 0 Å². The Hall–Kier alpha value is -1.50. The molecule has 2 rings (SSSR count). The summed E-state index contributed by atoms with van der Waals surface area (Å²) in [6.07, 6.45) is 0.404. The smallest absolute Gasteiger partial charge is 0.229 e. The van der Waals surface area contributed by atoms with Gasteiger partial charge in [-0.3, -0.25) is 0 Å². The van der Waals surface area contributed by atoms with E-state index in [1.165, 1.54) is 0 Å². The number of nitriles is 1. The second kappa shape index (κ2) is 5.71. The molecule has 0 aromatic heterocycles. The van der Waals surface area contributed by atoms with Crippen molar-refractivity contribution >= 4 is 19.9 Å². The minimum Gasteiger partial charge on any atom is -0.229 e. The maximum atomic E-state index is 13.2. The zero-order valence-corrected chi connectivity index (χ0v) is 12.5. The van der Waals surface area contributed by atoms with Gasteiger partial charge in [-0.25, -0.2) is 25.9 Å². The molecule has 0 atom stereocenters. The fourth-order valence-corrected chi connectivity index (χ4v) is 4.87. The topological polar surface area (TPSA) is 104 Å². The molecule has 1 aromatic rings. The molecule has 0 unspecified atom stereocenters. The Bertz CT molecular complexity index is 783. The highest BCUT2D eigenvalue weighted by Gasteiger charge is 2.27. The number of sulfone groups is 1. The summed E-state index contributed by atoms with van der Waals surface area (Å²) < 4.78 is 62.5. The molecule has 21 heavy (non-hydrogen) atoms. The number of halogens is 1. The van der Waals surface area contributed by atoms with Crippen molar-refractivity contribution in [2.24, 2.45) is 0 Å². The van der Waals surface area contributed by atoms with Crippen molar-refractivity contribution in [1.29, 1.82) is 5.26 Å². The van der Waals surface area contributed by atoms with Crippen LogP contribution in [-0.4, -0.2) is 34.4 Å². The molecule has 1 heterocycles. The zero-order chi connectivity index (χ0) is 15.7. The van der Waals surface area contributed by atoms with Crippen LogP contribution in [0.5, 0.6) is 0 Å². The zero-order valence-electron chi connectivity index (χ0n) is 10.9. The predicted molar refractivity (Wildman–Crippen MR) is 73.1 cm³/mol. The molecule has 0 radical (unpaired) electrons. The third-order valence-electron chi connectivity index (χ3n) is 3.25. The lowest BCUT2D eigenvalue weighted by molar-refractivity contribution is 0.505. The summed E-state index contributed by atoms with van der Waals surface area (Å²) in [5, 5.41) is 8.72. The first-order chi connectivity index (χ1) is 9.73. The first kappa shape index (κ1) is 15.9. The first-order valence-corrected chi connectivity index (χ1v) is 9.46. The number of rotatable bonds is 3. The Morgan fingerprint density at radius 2 is 1.90 bits per heavy atom. The molecule has 1 aromatic carbocycles. The normalized spacial score (nSPS) is 19.0. The van der Waals surface area contributed by atoms with Crippen LogP contribution in [0.25, 0.3) is 0 Å². The van der Waals surface area contributed by atoms with Gasteiger partial charge in [0.15, 0.2) is 0 Å². The Balaban J connectivity index is 2.18. The lowest BCUT2D eigenvalue weighted by atomic mass is 10.2. The molecule has 0 amide bonds. The Labute approximate surface area is 122 Å². The van der Waals surface area contributed by atoms with Crippen molar-refractivity contribution in [2.75, 3.05) is 11.5 Å². The van der Waals surface area contributed by atoms with Crippen LogP contribution in [0.3, 0.4) is 0 Å². The Morgan fingerprint density at radius 3 is 2.48 bits per heavy atom. The second-order valence-electron chi connectivity index (χ2n) is 4.80. The molecular weight excluding hydrogens is 319 g/mol. The van der Waals surface area contributed by atoms with Crippen molar-refractivity contribution in [3.8, 4) is 6.07 Å².